The summed E-state index contributed by atoms with van der Waals surface area (Å²) < 4.78 is 24.2. The van der Waals surface area contributed by atoms with E-state index in [1.165, 1.54) is 56.1 Å². The van der Waals surface area contributed by atoms with Gasteiger partial charge >= 0.3 is 6.03 Å². The van der Waals surface area contributed by atoms with E-state index in [0.717, 1.165) is 5.01 Å². The number of aromatic nitrogens is 3. The van der Waals surface area contributed by atoms with Crippen molar-refractivity contribution >= 4 is 50.7 Å². The molecule has 4 rings (SSSR count). The number of ether oxygens (including phenoxy) is 2. The molecule has 1 aromatic carbocycles. The summed E-state index contributed by atoms with van der Waals surface area (Å²) in [7, 11) is 2.89. The number of halogens is 2. The second-order valence-corrected chi connectivity index (χ2v) is 8.16. The second-order valence-electron chi connectivity index (χ2n) is 6.57. The van der Waals surface area contributed by atoms with Gasteiger partial charge in [-0.3, -0.25) is 0 Å². The molecule has 0 unspecified atom stereocenters. The van der Waals surface area contributed by atoms with E-state index in [4.69, 9.17) is 21.1 Å². The molecule has 8 nitrogen and oxygen atoms in total. The van der Waals surface area contributed by atoms with Crippen LogP contribution in [0.3, 0.4) is 0 Å². The Balaban J connectivity index is 1.74. The summed E-state index contributed by atoms with van der Waals surface area (Å²) in [6.45, 7) is 1.86. The molecule has 0 fully saturated rings. The van der Waals surface area contributed by atoms with Gasteiger partial charge in [0, 0.05) is 17.2 Å². The molecule has 2 amide bonds. The lowest BCUT2D eigenvalue weighted by Crippen LogP contribution is -2.20. The normalized spacial score (nSPS) is 10.8. The van der Waals surface area contributed by atoms with Crippen molar-refractivity contribution in [3.8, 4) is 22.8 Å². The van der Waals surface area contributed by atoms with E-state index >= 15 is 0 Å². The molecule has 0 saturated heterocycles. The second kappa shape index (κ2) is 8.93. The van der Waals surface area contributed by atoms with Gasteiger partial charge in [0.15, 0.2) is 0 Å². The number of anilines is 2. The maximum absolute atomic E-state index is 13.8. The number of thiazole rings is 1. The first-order chi connectivity index (χ1) is 15.4. The summed E-state index contributed by atoms with van der Waals surface area (Å²) in [6, 6.07) is 5.13. The Hall–Kier alpha value is -3.50. The Labute approximate surface area is 191 Å². The molecular weight excluding hydrogens is 457 g/mol. The predicted molar refractivity (Wildman–Crippen MR) is 123 cm³/mol. The molecule has 0 bridgehead atoms. The topological polar surface area (TPSA) is 98.3 Å². The van der Waals surface area contributed by atoms with Crippen molar-refractivity contribution in [2.45, 2.75) is 6.92 Å². The van der Waals surface area contributed by atoms with Crippen molar-refractivity contribution < 1.29 is 18.7 Å². The SMILES string of the molecule is COc1cc(F)ccc1-c1c(NC(=O)Nc2cnc(OC)c(Cl)c2)cnc2sc(C)nc12. The highest BCUT2D eigenvalue weighted by Crippen LogP contribution is 2.40. The number of nitrogens with one attached hydrogen (secondary N) is 2. The van der Waals surface area contributed by atoms with E-state index < -0.39 is 11.8 Å². The third-order valence-corrected chi connectivity index (χ3v) is 5.62. The zero-order valence-corrected chi connectivity index (χ0v) is 18.8. The summed E-state index contributed by atoms with van der Waals surface area (Å²) in [4.78, 5) is 26.4. The Morgan fingerprint density at radius 3 is 2.66 bits per heavy atom. The lowest BCUT2D eigenvalue weighted by atomic mass is 10.0. The molecule has 3 aromatic heterocycles. The van der Waals surface area contributed by atoms with Crippen LogP contribution in [0.1, 0.15) is 5.01 Å². The Kier molecular flexibility index (Phi) is 6.06. The first-order valence-corrected chi connectivity index (χ1v) is 10.5. The van der Waals surface area contributed by atoms with E-state index in [1.54, 1.807) is 6.07 Å². The van der Waals surface area contributed by atoms with Crippen molar-refractivity contribution in [2.75, 3.05) is 24.9 Å². The van der Waals surface area contributed by atoms with E-state index in [-0.39, 0.29) is 10.9 Å². The van der Waals surface area contributed by atoms with Crippen LogP contribution in [-0.2, 0) is 0 Å². The van der Waals surface area contributed by atoms with Crippen LogP contribution >= 0.6 is 22.9 Å². The van der Waals surface area contributed by atoms with E-state index in [0.29, 0.717) is 38.6 Å². The number of hydrogen-bond donors (Lipinski definition) is 2. The van der Waals surface area contributed by atoms with E-state index in [2.05, 4.69) is 25.6 Å². The summed E-state index contributed by atoms with van der Waals surface area (Å²) in [5, 5.41) is 6.49. The van der Waals surface area contributed by atoms with Crippen LogP contribution in [-0.4, -0.2) is 35.2 Å². The largest absolute Gasteiger partial charge is 0.496 e. The number of nitrogens with zero attached hydrogens (tertiary/aromatic N) is 3. The van der Waals surface area contributed by atoms with Gasteiger partial charge in [0.1, 0.15) is 26.9 Å². The number of aryl methyl sites for hydroxylation is 1. The van der Waals surface area contributed by atoms with E-state index in [9.17, 15) is 9.18 Å². The zero-order chi connectivity index (χ0) is 22.8. The van der Waals surface area contributed by atoms with Crippen LogP contribution in [0.4, 0.5) is 20.6 Å². The first-order valence-electron chi connectivity index (χ1n) is 9.27. The molecule has 11 heteroatoms. The molecule has 32 heavy (non-hydrogen) atoms. The van der Waals surface area contributed by atoms with Gasteiger partial charge in [-0.2, -0.15) is 0 Å². The summed E-state index contributed by atoms with van der Waals surface area (Å²) in [5.74, 6) is 0.108. The van der Waals surface area contributed by atoms with Gasteiger partial charge in [-0.1, -0.05) is 22.9 Å². The quantitative estimate of drug-likeness (QED) is 0.396. The van der Waals surface area contributed by atoms with Gasteiger partial charge in [0.05, 0.1) is 43.0 Å². The average molecular weight is 474 g/mol. The lowest BCUT2D eigenvalue weighted by molar-refractivity contribution is 0.262. The summed E-state index contributed by atoms with van der Waals surface area (Å²) >= 11 is 7.48. The van der Waals surface area contributed by atoms with Gasteiger partial charge < -0.3 is 20.1 Å². The number of carbonyl (C=O) groups is 1. The molecule has 0 spiro atoms. The fraction of sp³-hybridized carbons (Fsp3) is 0.143. The molecule has 0 aliphatic carbocycles. The van der Waals surface area contributed by atoms with Crippen LogP contribution in [0.15, 0.2) is 36.7 Å². The average Bonchev–Trinajstić information content (AvgIpc) is 3.14. The monoisotopic (exact) mass is 473 g/mol. The number of hydrogen-bond acceptors (Lipinski definition) is 7. The van der Waals surface area contributed by atoms with Crippen LogP contribution < -0.4 is 20.1 Å². The van der Waals surface area contributed by atoms with Crippen molar-refractivity contribution in [3.63, 3.8) is 0 Å². The summed E-state index contributed by atoms with van der Waals surface area (Å²) in [5.41, 5.74) is 2.45. The fourth-order valence-corrected chi connectivity index (χ4v) is 4.16. The number of fused-ring (bicyclic) bond motifs is 1. The van der Waals surface area contributed by atoms with Crippen LogP contribution in [0.2, 0.25) is 5.02 Å². The van der Waals surface area contributed by atoms with E-state index in [1.807, 2.05) is 6.92 Å². The number of urea groups is 1. The molecular formula is C21H17ClFN5O3S. The standard InChI is InChI=1S/C21H17ClFN5O3S/c1-10-26-18-17(13-5-4-11(23)6-16(13)30-2)15(9-25-20(18)32-10)28-21(29)27-12-7-14(22)19(31-3)24-8-12/h4-9H,1-3H3,(H2,27,28,29). The van der Waals surface area contributed by atoms with Crippen LogP contribution in [0, 0.1) is 12.7 Å². The lowest BCUT2D eigenvalue weighted by Gasteiger charge is -2.15. The zero-order valence-electron chi connectivity index (χ0n) is 17.2. The smallest absolute Gasteiger partial charge is 0.323 e. The van der Waals surface area contributed by atoms with Crippen LogP contribution in [0.5, 0.6) is 11.6 Å². The number of carbonyl (C=O) groups excluding carboxylic acids is 1. The molecule has 0 saturated carbocycles. The van der Waals surface area contributed by atoms with Gasteiger partial charge in [-0.15, -0.1) is 0 Å². The molecule has 0 atom stereocenters. The number of benzene rings is 1. The molecule has 164 valence electrons. The molecule has 0 aliphatic heterocycles. The minimum absolute atomic E-state index is 0.247. The van der Waals surface area contributed by atoms with Crippen molar-refractivity contribution in [1.29, 1.82) is 0 Å². The van der Waals surface area contributed by atoms with Crippen molar-refractivity contribution in [1.82, 2.24) is 15.0 Å². The minimum Gasteiger partial charge on any atom is -0.496 e. The van der Waals surface area contributed by atoms with Gasteiger partial charge in [-0.25, -0.2) is 24.1 Å². The van der Waals surface area contributed by atoms with Gasteiger partial charge in [0.2, 0.25) is 5.88 Å². The predicted octanol–water partition coefficient (Wildman–Crippen LogP) is 5.52. The fourth-order valence-electron chi connectivity index (χ4n) is 3.15. The van der Waals surface area contributed by atoms with Crippen molar-refractivity contribution in [3.05, 3.63) is 52.5 Å². The molecule has 2 N–H and O–H groups in total. The molecule has 4 aromatic rings. The molecule has 0 aliphatic rings. The van der Waals surface area contributed by atoms with Gasteiger partial charge in [-0.05, 0) is 25.1 Å². The Morgan fingerprint density at radius 1 is 1.12 bits per heavy atom. The number of amides is 2. The highest BCUT2D eigenvalue weighted by molar-refractivity contribution is 7.18. The molecule has 0 radical (unpaired) electrons. The first kappa shape index (κ1) is 21.7. The maximum Gasteiger partial charge on any atom is 0.323 e. The Morgan fingerprint density at radius 2 is 1.94 bits per heavy atom. The number of rotatable bonds is 5. The Bertz CT molecular complexity index is 1330. The summed E-state index contributed by atoms with van der Waals surface area (Å²) in [6.07, 6.45) is 2.94. The van der Waals surface area contributed by atoms with Gasteiger partial charge in [0.25, 0.3) is 0 Å². The van der Waals surface area contributed by atoms with Crippen LogP contribution in [0.25, 0.3) is 21.5 Å². The molecule has 3 heterocycles. The highest BCUT2D eigenvalue weighted by atomic mass is 35.5. The highest BCUT2D eigenvalue weighted by Gasteiger charge is 2.20. The third-order valence-electron chi connectivity index (χ3n) is 4.47. The number of pyridine rings is 2. The van der Waals surface area contributed by atoms with Crippen molar-refractivity contribution in [2.24, 2.45) is 0 Å². The number of methoxy groups -OCH3 is 2. The maximum atomic E-state index is 13.8. The minimum atomic E-state index is -0.552. The third kappa shape index (κ3) is 4.27.